The predicted octanol–water partition coefficient (Wildman–Crippen LogP) is 3.48. The molecule has 0 saturated carbocycles. The Hall–Kier alpha value is -3.12. The van der Waals surface area contributed by atoms with E-state index in [-0.39, 0.29) is 0 Å². The molecule has 0 amide bonds. The van der Waals surface area contributed by atoms with Crippen molar-refractivity contribution < 1.29 is 0 Å². The van der Waals surface area contributed by atoms with Gasteiger partial charge in [0.25, 0.3) is 0 Å². The van der Waals surface area contributed by atoms with Crippen molar-refractivity contribution in [2.45, 2.75) is 6.42 Å². The number of hydrogen-bond donors (Lipinski definition) is 2. The second-order valence-electron chi connectivity index (χ2n) is 5.65. The van der Waals surface area contributed by atoms with Gasteiger partial charge in [0.15, 0.2) is 5.82 Å². The van der Waals surface area contributed by atoms with Gasteiger partial charge in [0.2, 0.25) is 0 Å². The molecule has 0 aliphatic rings. The summed E-state index contributed by atoms with van der Waals surface area (Å²) in [5, 5.41) is 12.1. The molecule has 7 heteroatoms. The molecule has 4 aromatic rings. The van der Waals surface area contributed by atoms with Crippen LogP contribution in [0.5, 0.6) is 0 Å². The van der Waals surface area contributed by atoms with E-state index in [1.165, 1.54) is 0 Å². The summed E-state index contributed by atoms with van der Waals surface area (Å²) < 4.78 is 1.84. The highest BCUT2D eigenvalue weighted by Crippen LogP contribution is 2.24. The maximum absolute atomic E-state index is 5.95. The van der Waals surface area contributed by atoms with Crippen LogP contribution in [0.2, 0.25) is 5.02 Å². The van der Waals surface area contributed by atoms with Crippen LogP contribution in [0.4, 0.5) is 5.69 Å². The molecule has 2 aromatic carbocycles. The van der Waals surface area contributed by atoms with Crippen LogP contribution in [-0.4, -0.2) is 25.0 Å². The van der Waals surface area contributed by atoms with Gasteiger partial charge in [0, 0.05) is 18.2 Å². The fourth-order valence-corrected chi connectivity index (χ4v) is 2.67. The van der Waals surface area contributed by atoms with Crippen LogP contribution in [0.1, 0.15) is 11.4 Å². The number of H-pyrrole nitrogens is 1. The molecular weight excluding hydrogens is 336 g/mol. The lowest BCUT2D eigenvalue weighted by Crippen LogP contribution is -1.93. The van der Waals surface area contributed by atoms with E-state index >= 15 is 0 Å². The van der Waals surface area contributed by atoms with E-state index in [0.717, 1.165) is 22.6 Å². The number of hydrogen-bond acceptors (Lipinski definition) is 4. The van der Waals surface area contributed by atoms with Gasteiger partial charge in [-0.05, 0) is 35.9 Å². The van der Waals surface area contributed by atoms with E-state index in [2.05, 4.69) is 20.3 Å². The van der Waals surface area contributed by atoms with Crippen molar-refractivity contribution in [1.29, 1.82) is 0 Å². The van der Waals surface area contributed by atoms with Gasteiger partial charge in [-0.1, -0.05) is 29.8 Å². The normalized spacial score (nSPS) is 10.9. The van der Waals surface area contributed by atoms with Gasteiger partial charge in [0.05, 0.1) is 22.6 Å². The molecule has 2 heterocycles. The van der Waals surface area contributed by atoms with Crippen molar-refractivity contribution in [3.05, 3.63) is 77.3 Å². The summed E-state index contributed by atoms with van der Waals surface area (Å²) in [6, 6.07) is 15.3. The Kier molecular flexibility index (Phi) is 3.95. The second kappa shape index (κ2) is 6.41. The largest absolute Gasteiger partial charge is 0.398 e. The number of nitrogens with zero attached hydrogens (tertiary/aromatic N) is 4. The zero-order valence-electron chi connectivity index (χ0n) is 13.2. The minimum atomic E-state index is 0.509. The molecule has 0 radical (unpaired) electrons. The number of nitrogens with two attached hydrogens (primary N) is 1. The number of benzene rings is 2. The lowest BCUT2D eigenvalue weighted by Gasteiger charge is -1.99. The summed E-state index contributed by atoms with van der Waals surface area (Å²) in [4.78, 5) is 4.53. The SMILES string of the molecule is Nc1cc(-c2n[nH]c(Cc3cnn(-c4ccccc4)c3)n2)ccc1Cl. The first-order chi connectivity index (χ1) is 12.2. The third kappa shape index (κ3) is 3.25. The van der Waals surface area contributed by atoms with E-state index < -0.39 is 0 Å². The average molecular weight is 351 g/mol. The number of rotatable bonds is 4. The van der Waals surface area contributed by atoms with Crippen molar-refractivity contribution in [3.8, 4) is 17.1 Å². The van der Waals surface area contributed by atoms with Crippen molar-refractivity contribution in [2.75, 3.05) is 5.73 Å². The van der Waals surface area contributed by atoms with Crippen LogP contribution >= 0.6 is 11.6 Å². The van der Waals surface area contributed by atoms with Crippen molar-refractivity contribution >= 4 is 17.3 Å². The Bertz CT molecular complexity index is 1010. The second-order valence-corrected chi connectivity index (χ2v) is 6.05. The molecule has 0 aliphatic heterocycles. The molecule has 25 heavy (non-hydrogen) atoms. The fraction of sp³-hybridized carbons (Fsp3) is 0.0556. The summed E-state index contributed by atoms with van der Waals surface area (Å²) in [5.41, 5.74) is 9.23. The summed E-state index contributed by atoms with van der Waals surface area (Å²) >= 11 is 5.95. The molecule has 0 atom stereocenters. The van der Waals surface area contributed by atoms with Crippen LogP contribution in [0.25, 0.3) is 17.1 Å². The maximum Gasteiger partial charge on any atom is 0.181 e. The van der Waals surface area contributed by atoms with E-state index in [4.69, 9.17) is 17.3 Å². The van der Waals surface area contributed by atoms with Gasteiger partial charge in [-0.2, -0.15) is 10.2 Å². The van der Waals surface area contributed by atoms with Crippen LogP contribution in [-0.2, 0) is 6.42 Å². The van der Waals surface area contributed by atoms with Gasteiger partial charge in [0.1, 0.15) is 5.82 Å². The van der Waals surface area contributed by atoms with Crippen molar-refractivity contribution in [3.63, 3.8) is 0 Å². The monoisotopic (exact) mass is 350 g/mol. The van der Waals surface area contributed by atoms with E-state index in [1.54, 1.807) is 12.1 Å². The molecule has 0 saturated heterocycles. The highest BCUT2D eigenvalue weighted by molar-refractivity contribution is 6.33. The lowest BCUT2D eigenvalue weighted by molar-refractivity contribution is 0.879. The number of anilines is 1. The fourth-order valence-electron chi connectivity index (χ4n) is 2.55. The summed E-state index contributed by atoms with van der Waals surface area (Å²) in [6.07, 6.45) is 4.43. The van der Waals surface area contributed by atoms with Gasteiger partial charge in [-0.25, -0.2) is 9.67 Å². The first-order valence-corrected chi connectivity index (χ1v) is 8.12. The quantitative estimate of drug-likeness (QED) is 0.552. The molecule has 4 rings (SSSR count). The Morgan fingerprint density at radius 3 is 2.76 bits per heavy atom. The highest BCUT2D eigenvalue weighted by atomic mass is 35.5. The Morgan fingerprint density at radius 2 is 1.96 bits per heavy atom. The van der Waals surface area contributed by atoms with Gasteiger partial charge >= 0.3 is 0 Å². The molecule has 0 fully saturated rings. The number of aromatic nitrogens is 5. The molecule has 0 unspecified atom stereocenters. The Morgan fingerprint density at radius 1 is 1.12 bits per heavy atom. The zero-order chi connectivity index (χ0) is 17.2. The van der Waals surface area contributed by atoms with E-state index in [9.17, 15) is 0 Å². The molecule has 0 bridgehead atoms. The molecule has 0 aliphatic carbocycles. The highest BCUT2D eigenvalue weighted by Gasteiger charge is 2.09. The van der Waals surface area contributed by atoms with E-state index in [1.807, 2.05) is 53.5 Å². The zero-order valence-corrected chi connectivity index (χ0v) is 14.0. The number of nitrogens with one attached hydrogen (secondary N) is 1. The summed E-state index contributed by atoms with van der Waals surface area (Å²) in [6.45, 7) is 0. The first kappa shape index (κ1) is 15.4. The van der Waals surface area contributed by atoms with Gasteiger partial charge in [-0.3, -0.25) is 5.10 Å². The summed E-state index contributed by atoms with van der Waals surface area (Å²) in [5.74, 6) is 1.35. The minimum absolute atomic E-state index is 0.509. The molecule has 3 N–H and O–H groups in total. The molecule has 124 valence electrons. The number of para-hydroxylation sites is 1. The van der Waals surface area contributed by atoms with Crippen LogP contribution in [0, 0.1) is 0 Å². The lowest BCUT2D eigenvalue weighted by atomic mass is 10.2. The minimum Gasteiger partial charge on any atom is -0.398 e. The Balaban J connectivity index is 1.53. The Labute approximate surface area is 149 Å². The van der Waals surface area contributed by atoms with Crippen LogP contribution in [0.3, 0.4) is 0 Å². The molecule has 0 spiro atoms. The average Bonchev–Trinajstić information content (AvgIpc) is 3.28. The van der Waals surface area contributed by atoms with Crippen molar-refractivity contribution in [2.24, 2.45) is 0 Å². The molecular formula is C18H15ClN6. The number of aromatic amines is 1. The number of halogens is 1. The molecule has 6 nitrogen and oxygen atoms in total. The van der Waals surface area contributed by atoms with Crippen LogP contribution in [0.15, 0.2) is 60.9 Å². The summed E-state index contributed by atoms with van der Waals surface area (Å²) in [7, 11) is 0. The third-order valence-corrected chi connectivity index (χ3v) is 4.16. The standard InChI is InChI=1S/C18H15ClN6/c19-15-7-6-13(9-16(15)20)18-22-17(23-24-18)8-12-10-21-25(11-12)14-4-2-1-3-5-14/h1-7,9-11H,8,20H2,(H,22,23,24). The van der Waals surface area contributed by atoms with Gasteiger partial charge < -0.3 is 5.73 Å². The van der Waals surface area contributed by atoms with E-state index in [0.29, 0.717) is 23.0 Å². The first-order valence-electron chi connectivity index (χ1n) is 7.75. The van der Waals surface area contributed by atoms with Crippen molar-refractivity contribution in [1.82, 2.24) is 25.0 Å². The van der Waals surface area contributed by atoms with Gasteiger partial charge in [-0.15, -0.1) is 0 Å². The molecule has 2 aromatic heterocycles. The smallest absolute Gasteiger partial charge is 0.181 e. The predicted molar refractivity (Wildman–Crippen MR) is 97.6 cm³/mol. The number of nitrogen functional groups attached to an aromatic ring is 1. The van der Waals surface area contributed by atoms with Crippen LogP contribution < -0.4 is 5.73 Å². The topological polar surface area (TPSA) is 85.4 Å². The third-order valence-electron chi connectivity index (χ3n) is 3.81. The maximum atomic E-state index is 5.95.